The van der Waals surface area contributed by atoms with Crippen molar-refractivity contribution in [2.75, 3.05) is 13.1 Å². The van der Waals surface area contributed by atoms with Crippen LogP contribution in [0.15, 0.2) is 28.8 Å². The van der Waals surface area contributed by atoms with E-state index in [1.165, 1.54) is 0 Å². The topological polar surface area (TPSA) is 112 Å². The molecule has 1 saturated heterocycles. The van der Waals surface area contributed by atoms with Crippen LogP contribution in [0.5, 0.6) is 5.75 Å². The molecule has 0 saturated carbocycles. The van der Waals surface area contributed by atoms with Crippen molar-refractivity contribution < 1.29 is 9.63 Å². The molecule has 0 radical (unpaired) electrons. The molecule has 1 aromatic carbocycles. The fourth-order valence-electron chi connectivity index (χ4n) is 1.96. The van der Waals surface area contributed by atoms with Crippen LogP contribution < -0.4 is 5.73 Å². The molecule has 1 aromatic heterocycles. The number of phenolic OH excluding ortho intramolecular Hbond substituents is 1. The second-order valence-corrected chi connectivity index (χ2v) is 4.49. The van der Waals surface area contributed by atoms with Gasteiger partial charge in [0.2, 0.25) is 11.7 Å². The number of hydrogen-bond donors (Lipinski definition) is 3. The summed E-state index contributed by atoms with van der Waals surface area (Å²) in [4.78, 5) is 6.06. The van der Waals surface area contributed by atoms with Gasteiger partial charge in [0, 0.05) is 18.7 Å². The number of aromatic nitrogens is 2. The van der Waals surface area contributed by atoms with E-state index in [4.69, 9.17) is 15.7 Å². The molecule has 1 aliphatic heterocycles. The lowest BCUT2D eigenvalue weighted by molar-refractivity contribution is 0.203. The van der Waals surface area contributed by atoms with Gasteiger partial charge in [0.25, 0.3) is 0 Å². The highest BCUT2D eigenvalue weighted by atomic mass is 16.5. The lowest BCUT2D eigenvalue weighted by Crippen LogP contribution is -2.51. The van der Waals surface area contributed by atoms with E-state index in [0.29, 0.717) is 24.8 Å². The van der Waals surface area contributed by atoms with Crippen molar-refractivity contribution >= 4 is 5.96 Å². The predicted octanol–water partition coefficient (Wildman–Crippen LogP) is 0.735. The van der Waals surface area contributed by atoms with Crippen LogP contribution in [0.3, 0.4) is 0 Å². The number of nitrogens with zero attached hydrogens (tertiary/aromatic N) is 3. The maximum atomic E-state index is 9.22. The Bertz CT molecular complexity index is 601. The van der Waals surface area contributed by atoms with E-state index in [1.807, 2.05) is 0 Å². The lowest BCUT2D eigenvalue weighted by atomic mass is 10.0. The minimum Gasteiger partial charge on any atom is -0.508 e. The highest BCUT2D eigenvalue weighted by Crippen LogP contribution is 2.27. The highest BCUT2D eigenvalue weighted by molar-refractivity contribution is 5.75. The molecule has 1 aliphatic rings. The second-order valence-electron chi connectivity index (χ2n) is 4.49. The molecule has 0 aliphatic carbocycles. The molecule has 3 rings (SSSR count). The fraction of sp³-hybridized carbons (Fsp3) is 0.250. The van der Waals surface area contributed by atoms with Gasteiger partial charge in [-0.25, -0.2) is 0 Å². The molecule has 0 unspecified atom stereocenters. The number of guanidine groups is 1. The number of hydrogen-bond acceptors (Lipinski definition) is 5. The zero-order valence-electron chi connectivity index (χ0n) is 10.1. The van der Waals surface area contributed by atoms with Gasteiger partial charge in [-0.1, -0.05) is 5.16 Å². The number of aromatic hydroxyl groups is 1. The third-order valence-corrected chi connectivity index (χ3v) is 3.14. The first-order valence-corrected chi connectivity index (χ1v) is 5.85. The van der Waals surface area contributed by atoms with Crippen molar-refractivity contribution in [1.82, 2.24) is 15.0 Å². The summed E-state index contributed by atoms with van der Waals surface area (Å²) in [5, 5.41) is 20.4. The Morgan fingerprint density at radius 3 is 2.68 bits per heavy atom. The summed E-state index contributed by atoms with van der Waals surface area (Å²) in [5.74, 6) is 1.44. The molecule has 2 heterocycles. The van der Waals surface area contributed by atoms with Crippen molar-refractivity contribution in [3.8, 4) is 17.1 Å². The fourth-order valence-corrected chi connectivity index (χ4v) is 1.96. The third-order valence-electron chi connectivity index (χ3n) is 3.14. The summed E-state index contributed by atoms with van der Waals surface area (Å²) < 4.78 is 5.22. The smallest absolute Gasteiger partial charge is 0.233 e. The van der Waals surface area contributed by atoms with Gasteiger partial charge >= 0.3 is 0 Å². The van der Waals surface area contributed by atoms with E-state index in [1.54, 1.807) is 29.2 Å². The summed E-state index contributed by atoms with van der Waals surface area (Å²) in [7, 11) is 0. The van der Waals surface area contributed by atoms with Crippen LogP contribution in [0.1, 0.15) is 11.8 Å². The van der Waals surface area contributed by atoms with Crippen molar-refractivity contribution in [1.29, 1.82) is 5.41 Å². The molecule has 98 valence electrons. The molecule has 0 spiro atoms. The van der Waals surface area contributed by atoms with Crippen molar-refractivity contribution in [3.05, 3.63) is 30.2 Å². The van der Waals surface area contributed by atoms with Gasteiger partial charge in [-0.15, -0.1) is 0 Å². The van der Waals surface area contributed by atoms with Gasteiger partial charge in [0.1, 0.15) is 5.75 Å². The van der Waals surface area contributed by atoms with Crippen LogP contribution in [0, 0.1) is 5.41 Å². The Kier molecular flexibility index (Phi) is 2.59. The summed E-state index contributed by atoms with van der Waals surface area (Å²) >= 11 is 0. The second kappa shape index (κ2) is 4.27. The van der Waals surface area contributed by atoms with Crippen LogP contribution in [0.2, 0.25) is 0 Å². The largest absolute Gasteiger partial charge is 0.508 e. The first-order chi connectivity index (χ1) is 9.13. The van der Waals surface area contributed by atoms with Gasteiger partial charge in [0.15, 0.2) is 5.96 Å². The molecular weight excluding hydrogens is 246 g/mol. The Morgan fingerprint density at radius 1 is 1.37 bits per heavy atom. The quantitative estimate of drug-likeness (QED) is 0.541. The molecule has 4 N–H and O–H groups in total. The van der Waals surface area contributed by atoms with E-state index in [2.05, 4.69) is 10.1 Å². The molecule has 2 aromatic rings. The van der Waals surface area contributed by atoms with E-state index >= 15 is 0 Å². The molecule has 19 heavy (non-hydrogen) atoms. The van der Waals surface area contributed by atoms with Gasteiger partial charge in [-0.2, -0.15) is 4.98 Å². The third kappa shape index (κ3) is 2.10. The van der Waals surface area contributed by atoms with Gasteiger partial charge in [0.05, 0.1) is 5.92 Å². The molecule has 0 amide bonds. The lowest BCUT2D eigenvalue weighted by Gasteiger charge is -2.37. The van der Waals surface area contributed by atoms with Gasteiger partial charge in [-0.3, -0.25) is 5.41 Å². The first kappa shape index (κ1) is 11.5. The van der Waals surface area contributed by atoms with E-state index < -0.39 is 0 Å². The minimum atomic E-state index is 0.0644. The minimum absolute atomic E-state index is 0.0644. The standard InChI is InChI=1S/C12H13N5O2/c13-12(14)17-5-8(6-17)11-15-10(16-19-11)7-1-3-9(18)4-2-7/h1-4,8,18H,5-6H2,(H3,13,14). The summed E-state index contributed by atoms with van der Waals surface area (Å²) in [6, 6.07) is 6.61. The van der Waals surface area contributed by atoms with Crippen LogP contribution in [-0.4, -0.2) is 39.2 Å². The molecule has 0 atom stereocenters. The zero-order chi connectivity index (χ0) is 13.4. The molecule has 0 bridgehead atoms. The number of benzene rings is 1. The molecule has 7 heteroatoms. The predicted molar refractivity (Wildman–Crippen MR) is 67.6 cm³/mol. The monoisotopic (exact) mass is 259 g/mol. The SMILES string of the molecule is N=C(N)N1CC(c2nc(-c3ccc(O)cc3)no2)C1. The summed E-state index contributed by atoms with van der Waals surface area (Å²) in [5.41, 5.74) is 6.15. The average molecular weight is 259 g/mol. The maximum absolute atomic E-state index is 9.22. The van der Waals surface area contributed by atoms with E-state index in [0.717, 1.165) is 5.56 Å². The number of phenols is 1. The van der Waals surface area contributed by atoms with Crippen molar-refractivity contribution in [2.24, 2.45) is 5.73 Å². The van der Waals surface area contributed by atoms with Crippen molar-refractivity contribution in [2.45, 2.75) is 5.92 Å². The van der Waals surface area contributed by atoms with E-state index in [9.17, 15) is 5.11 Å². The number of rotatable bonds is 2. The highest BCUT2D eigenvalue weighted by Gasteiger charge is 2.33. The van der Waals surface area contributed by atoms with Gasteiger partial charge < -0.3 is 20.3 Å². The molecular formula is C12H13N5O2. The van der Waals surface area contributed by atoms with Crippen LogP contribution >= 0.6 is 0 Å². The first-order valence-electron chi connectivity index (χ1n) is 5.85. The Labute approximate surface area is 109 Å². The molecule has 7 nitrogen and oxygen atoms in total. The van der Waals surface area contributed by atoms with Crippen LogP contribution in [0.25, 0.3) is 11.4 Å². The normalized spacial score (nSPS) is 15.3. The average Bonchev–Trinajstić information content (AvgIpc) is 2.77. The Hall–Kier alpha value is -2.57. The Balaban J connectivity index is 1.74. The summed E-state index contributed by atoms with van der Waals surface area (Å²) in [6.45, 7) is 1.26. The molecule has 1 fully saturated rings. The summed E-state index contributed by atoms with van der Waals surface area (Å²) in [6.07, 6.45) is 0. The maximum Gasteiger partial charge on any atom is 0.233 e. The number of nitrogens with two attached hydrogens (primary N) is 1. The van der Waals surface area contributed by atoms with Crippen LogP contribution in [-0.2, 0) is 0 Å². The Morgan fingerprint density at radius 2 is 2.05 bits per heavy atom. The van der Waals surface area contributed by atoms with Gasteiger partial charge in [-0.05, 0) is 24.3 Å². The van der Waals surface area contributed by atoms with E-state index in [-0.39, 0.29) is 17.6 Å². The number of nitrogens with one attached hydrogen (secondary N) is 1. The zero-order valence-corrected chi connectivity index (χ0v) is 10.1. The van der Waals surface area contributed by atoms with Crippen LogP contribution in [0.4, 0.5) is 0 Å². The number of likely N-dealkylation sites (tertiary alicyclic amines) is 1. The van der Waals surface area contributed by atoms with Crippen molar-refractivity contribution in [3.63, 3.8) is 0 Å².